The number of hydrogen-bond donors (Lipinski definition) is 1. The zero-order valence-electron chi connectivity index (χ0n) is 14.0. The average molecular weight is 282 g/mol. The van der Waals surface area contributed by atoms with Gasteiger partial charge in [0.05, 0.1) is 11.2 Å². The van der Waals surface area contributed by atoms with Crippen LogP contribution in [0.5, 0.6) is 0 Å². The number of nitrogens with zero attached hydrogens (tertiary/aromatic N) is 1. The van der Waals surface area contributed by atoms with Crippen LogP contribution in [0.25, 0.3) is 0 Å². The number of hydrogen-bond acceptors (Lipinski definition) is 3. The molecule has 2 aliphatic rings. The second-order valence-corrected chi connectivity index (χ2v) is 8.38. The molecule has 0 unspecified atom stereocenters. The Morgan fingerprint density at radius 1 is 0.900 bits per heavy atom. The Labute approximate surface area is 125 Å². The first kappa shape index (κ1) is 16.3. The molecule has 1 heterocycles. The zero-order chi connectivity index (χ0) is 14.9. The summed E-state index contributed by atoms with van der Waals surface area (Å²) < 4.78 is 6.20. The van der Waals surface area contributed by atoms with Crippen LogP contribution in [0.1, 0.15) is 66.2 Å². The third-order valence-electron chi connectivity index (χ3n) is 4.92. The summed E-state index contributed by atoms with van der Waals surface area (Å²) in [6.45, 7) is 12.9. The first-order valence-electron chi connectivity index (χ1n) is 8.39. The molecule has 2 N–H and O–H groups in total. The molecule has 0 aromatic rings. The maximum absolute atomic E-state index is 6.20. The van der Waals surface area contributed by atoms with Crippen molar-refractivity contribution < 1.29 is 4.74 Å². The van der Waals surface area contributed by atoms with E-state index in [1.54, 1.807) is 0 Å². The van der Waals surface area contributed by atoms with Gasteiger partial charge in [-0.25, -0.2) is 0 Å². The molecule has 0 aromatic heterocycles. The molecule has 1 aliphatic heterocycles. The predicted molar refractivity (Wildman–Crippen MR) is 84.9 cm³/mol. The van der Waals surface area contributed by atoms with Crippen molar-refractivity contribution in [1.29, 1.82) is 0 Å². The second kappa shape index (κ2) is 5.94. The van der Waals surface area contributed by atoms with Crippen LogP contribution in [0, 0.1) is 5.41 Å². The molecule has 2 rings (SSSR count). The monoisotopic (exact) mass is 282 g/mol. The molecule has 3 heteroatoms. The molecule has 1 saturated heterocycles. The van der Waals surface area contributed by atoms with Gasteiger partial charge in [-0.2, -0.15) is 0 Å². The van der Waals surface area contributed by atoms with Crippen LogP contribution in [0.3, 0.4) is 0 Å². The van der Waals surface area contributed by atoms with E-state index < -0.39 is 0 Å². The Hall–Kier alpha value is -0.120. The topological polar surface area (TPSA) is 38.5 Å². The zero-order valence-corrected chi connectivity index (χ0v) is 14.0. The fourth-order valence-corrected chi connectivity index (χ4v) is 4.44. The Morgan fingerprint density at radius 2 is 1.40 bits per heavy atom. The summed E-state index contributed by atoms with van der Waals surface area (Å²) >= 11 is 0. The minimum absolute atomic E-state index is 0.0533. The van der Waals surface area contributed by atoms with Crippen LogP contribution in [0.4, 0.5) is 0 Å². The third kappa shape index (κ3) is 4.19. The van der Waals surface area contributed by atoms with Gasteiger partial charge in [-0.3, -0.25) is 4.90 Å². The standard InChI is InChI=1S/C17H34N2O/c1-15(2)12-19(13-16(3,4)20-15)14-17(11-18)9-7-5-6-8-10-17/h5-14,18H2,1-4H3. The van der Waals surface area contributed by atoms with Crippen LogP contribution >= 0.6 is 0 Å². The van der Waals surface area contributed by atoms with E-state index in [0.29, 0.717) is 5.41 Å². The lowest BCUT2D eigenvalue weighted by molar-refractivity contribution is -0.185. The second-order valence-electron chi connectivity index (χ2n) is 8.38. The number of nitrogens with two attached hydrogens (primary N) is 1. The van der Waals surface area contributed by atoms with Gasteiger partial charge in [0.15, 0.2) is 0 Å². The largest absolute Gasteiger partial charge is 0.367 e. The minimum atomic E-state index is -0.0533. The highest BCUT2D eigenvalue weighted by Crippen LogP contribution is 2.37. The SMILES string of the molecule is CC1(C)CN(CC2(CN)CCCCCC2)CC(C)(C)O1. The predicted octanol–water partition coefficient (Wildman–Crippen LogP) is 3.18. The Bertz CT molecular complexity index is 301. The molecule has 0 radical (unpaired) electrons. The summed E-state index contributed by atoms with van der Waals surface area (Å²) in [5.41, 5.74) is 6.44. The van der Waals surface area contributed by atoms with E-state index in [0.717, 1.165) is 26.2 Å². The summed E-state index contributed by atoms with van der Waals surface area (Å²) in [6, 6.07) is 0. The first-order chi connectivity index (χ1) is 9.26. The molecule has 0 spiro atoms. The molecule has 0 amide bonds. The van der Waals surface area contributed by atoms with E-state index in [4.69, 9.17) is 10.5 Å². The lowest BCUT2D eigenvalue weighted by Gasteiger charge is -2.49. The molecule has 20 heavy (non-hydrogen) atoms. The first-order valence-corrected chi connectivity index (χ1v) is 8.39. The van der Waals surface area contributed by atoms with Gasteiger partial charge < -0.3 is 10.5 Å². The smallest absolute Gasteiger partial charge is 0.0760 e. The van der Waals surface area contributed by atoms with Crippen LogP contribution in [-0.2, 0) is 4.74 Å². The quantitative estimate of drug-likeness (QED) is 0.808. The maximum atomic E-state index is 6.20. The Morgan fingerprint density at radius 3 is 1.85 bits per heavy atom. The molecule has 2 fully saturated rings. The van der Waals surface area contributed by atoms with Crippen molar-refractivity contribution in [2.75, 3.05) is 26.2 Å². The summed E-state index contributed by atoms with van der Waals surface area (Å²) in [5, 5.41) is 0. The molecule has 3 nitrogen and oxygen atoms in total. The van der Waals surface area contributed by atoms with Crippen molar-refractivity contribution in [3.8, 4) is 0 Å². The minimum Gasteiger partial charge on any atom is -0.367 e. The molecule has 1 saturated carbocycles. The normalized spacial score (nSPS) is 29.9. The van der Waals surface area contributed by atoms with E-state index in [1.165, 1.54) is 38.5 Å². The van der Waals surface area contributed by atoms with E-state index in [1.807, 2.05) is 0 Å². The summed E-state index contributed by atoms with van der Waals surface area (Å²) in [7, 11) is 0. The fraction of sp³-hybridized carbons (Fsp3) is 1.00. The van der Waals surface area contributed by atoms with E-state index >= 15 is 0 Å². The summed E-state index contributed by atoms with van der Waals surface area (Å²) in [5.74, 6) is 0. The molecule has 0 bridgehead atoms. The molecule has 0 aromatic carbocycles. The molecular weight excluding hydrogens is 248 g/mol. The van der Waals surface area contributed by atoms with Gasteiger partial charge in [0.1, 0.15) is 0 Å². The van der Waals surface area contributed by atoms with E-state index in [2.05, 4.69) is 32.6 Å². The molecule has 1 aliphatic carbocycles. The van der Waals surface area contributed by atoms with Crippen molar-refractivity contribution in [1.82, 2.24) is 4.90 Å². The van der Waals surface area contributed by atoms with Crippen molar-refractivity contribution >= 4 is 0 Å². The maximum Gasteiger partial charge on any atom is 0.0760 e. The lowest BCUT2D eigenvalue weighted by Crippen LogP contribution is -2.59. The Balaban J connectivity index is 2.06. The van der Waals surface area contributed by atoms with Crippen molar-refractivity contribution in [2.24, 2.45) is 11.1 Å². The highest BCUT2D eigenvalue weighted by molar-refractivity contribution is 4.93. The molecular formula is C17H34N2O. The highest BCUT2D eigenvalue weighted by Gasteiger charge is 2.41. The molecule has 118 valence electrons. The lowest BCUT2D eigenvalue weighted by atomic mass is 9.79. The fourth-order valence-electron chi connectivity index (χ4n) is 4.44. The van der Waals surface area contributed by atoms with Crippen molar-refractivity contribution in [2.45, 2.75) is 77.4 Å². The van der Waals surface area contributed by atoms with E-state index in [9.17, 15) is 0 Å². The third-order valence-corrected chi connectivity index (χ3v) is 4.92. The van der Waals surface area contributed by atoms with Crippen LogP contribution < -0.4 is 5.73 Å². The van der Waals surface area contributed by atoms with Crippen LogP contribution in [0.2, 0.25) is 0 Å². The van der Waals surface area contributed by atoms with Gasteiger partial charge in [-0.05, 0) is 52.5 Å². The van der Waals surface area contributed by atoms with Gasteiger partial charge in [0, 0.05) is 19.6 Å². The van der Waals surface area contributed by atoms with Crippen LogP contribution in [0.15, 0.2) is 0 Å². The van der Waals surface area contributed by atoms with Gasteiger partial charge >= 0.3 is 0 Å². The number of ether oxygens (including phenoxy) is 1. The van der Waals surface area contributed by atoms with Gasteiger partial charge in [0.25, 0.3) is 0 Å². The highest BCUT2D eigenvalue weighted by atomic mass is 16.5. The number of morpholine rings is 1. The summed E-state index contributed by atoms with van der Waals surface area (Å²) in [4.78, 5) is 2.61. The van der Waals surface area contributed by atoms with Gasteiger partial charge in [-0.15, -0.1) is 0 Å². The van der Waals surface area contributed by atoms with Crippen molar-refractivity contribution in [3.63, 3.8) is 0 Å². The van der Waals surface area contributed by atoms with Gasteiger partial charge in [-0.1, -0.05) is 25.7 Å². The van der Waals surface area contributed by atoms with E-state index in [-0.39, 0.29) is 11.2 Å². The van der Waals surface area contributed by atoms with Crippen molar-refractivity contribution in [3.05, 3.63) is 0 Å². The molecule has 0 atom stereocenters. The number of rotatable bonds is 3. The van der Waals surface area contributed by atoms with Crippen LogP contribution in [-0.4, -0.2) is 42.3 Å². The summed E-state index contributed by atoms with van der Waals surface area (Å²) in [6.07, 6.45) is 8.11. The Kier molecular flexibility index (Phi) is 4.83. The average Bonchev–Trinajstić information content (AvgIpc) is 2.51. The van der Waals surface area contributed by atoms with Gasteiger partial charge in [0.2, 0.25) is 0 Å².